The number of phenolic OH excluding ortho intramolecular Hbond substituents is 3. The molecule has 0 saturated carbocycles. The molecule has 321 valence electrons. The summed E-state index contributed by atoms with van der Waals surface area (Å²) in [6.45, 7) is 0. The largest absolute Gasteiger partial charge is 1.00 e. The quantitative estimate of drug-likeness (QED) is 0.226. The van der Waals surface area contributed by atoms with Gasteiger partial charge < -0.3 is 30.6 Å². The van der Waals surface area contributed by atoms with E-state index < -0.39 is 0 Å². The molecule has 0 atom stereocenters. The number of phenols is 3. The van der Waals surface area contributed by atoms with Crippen LogP contribution >= 0.6 is 0 Å². The molecule has 0 spiro atoms. The molecule has 12 aromatic carbocycles. The van der Waals surface area contributed by atoms with Crippen LogP contribution in [0, 0.1) is 35.6 Å². The van der Waals surface area contributed by atoms with E-state index in [9.17, 15) is 30.6 Å². The molecule has 6 nitrogen and oxygen atoms in total. The molecule has 12 aromatic rings. The first-order valence-corrected chi connectivity index (χ1v) is 21.5. The zero-order valence-corrected chi connectivity index (χ0v) is 48.6. The van der Waals surface area contributed by atoms with Gasteiger partial charge >= 0.3 is 88.7 Å². The average molecular weight is 1060 g/mol. The van der Waals surface area contributed by atoms with Crippen molar-refractivity contribution in [2.45, 2.75) is 0 Å². The van der Waals surface area contributed by atoms with E-state index in [1.165, 1.54) is 0 Å². The second-order valence-corrected chi connectivity index (χ2v) is 16.0. The molecule has 0 bridgehead atoms. The third-order valence-corrected chi connectivity index (χ3v) is 12.1. The molecule has 0 aliphatic carbocycles. The van der Waals surface area contributed by atoms with Gasteiger partial charge in [-0.2, -0.15) is 0 Å². The minimum Gasteiger partial charge on any atom is -0.872 e. The van der Waals surface area contributed by atoms with E-state index in [-0.39, 0.29) is 159 Å². The summed E-state index contributed by atoms with van der Waals surface area (Å²) in [6.07, 6.45) is 0. The fourth-order valence-electron chi connectivity index (χ4n) is 9.10. The zero-order valence-electron chi connectivity index (χ0n) is 38.9. The Balaban J connectivity index is 0.000000167. The van der Waals surface area contributed by atoms with Crippen molar-refractivity contribution in [3.63, 3.8) is 0 Å². The second-order valence-electron chi connectivity index (χ2n) is 16.0. The van der Waals surface area contributed by atoms with Gasteiger partial charge in [-0.1, -0.05) is 200 Å². The fourth-order valence-corrected chi connectivity index (χ4v) is 9.10. The minimum atomic E-state index is -0.0784. The maximum Gasteiger partial charge on any atom is 1.00 e. The van der Waals surface area contributed by atoms with Gasteiger partial charge in [-0.3, -0.25) is 0 Å². The summed E-state index contributed by atoms with van der Waals surface area (Å²) in [5.41, 5.74) is 3.52. The van der Waals surface area contributed by atoms with Gasteiger partial charge in [0, 0.05) is 52.3 Å². The molecule has 0 aromatic heterocycles. The van der Waals surface area contributed by atoms with Crippen LogP contribution in [0.5, 0.6) is 34.5 Å². The molecular formula is C60H39LaNa3O6. The van der Waals surface area contributed by atoms with Crippen molar-refractivity contribution in [2.24, 2.45) is 0 Å². The standard InChI is InChI=1S/3C20H14O2.La.3Na/c3*21-17-11-9-13-5-1-3-7-15(13)19(17)20-16-8-4-2-6-14(16)10-12-18(20)22;;;;/h3*1-12,21-22H;;;;/q;;;;3*+1/p-3. The molecule has 0 fully saturated rings. The number of fused-ring (bicyclic) bond motifs is 6. The summed E-state index contributed by atoms with van der Waals surface area (Å²) < 4.78 is 0. The van der Waals surface area contributed by atoms with Crippen molar-refractivity contribution < 1.29 is 155 Å². The van der Waals surface area contributed by atoms with Crippen molar-refractivity contribution in [3.05, 3.63) is 218 Å². The normalized spacial score (nSPS) is 10.5. The van der Waals surface area contributed by atoms with E-state index in [1.807, 2.05) is 182 Å². The van der Waals surface area contributed by atoms with Crippen LogP contribution in [-0.4, -0.2) is 15.3 Å². The van der Waals surface area contributed by atoms with E-state index in [4.69, 9.17) is 0 Å². The predicted molar refractivity (Wildman–Crippen MR) is 264 cm³/mol. The maximum absolute atomic E-state index is 12.5. The number of benzene rings is 12. The van der Waals surface area contributed by atoms with E-state index in [0.29, 0.717) is 33.4 Å². The maximum atomic E-state index is 12.5. The Morgan fingerprint density at radius 2 is 0.386 bits per heavy atom. The molecule has 10 heteroatoms. The summed E-state index contributed by atoms with van der Waals surface area (Å²) in [6, 6.07) is 67.3. The van der Waals surface area contributed by atoms with Crippen molar-refractivity contribution in [2.75, 3.05) is 0 Å². The van der Waals surface area contributed by atoms with E-state index in [0.717, 1.165) is 64.6 Å². The first-order chi connectivity index (χ1) is 32.3. The van der Waals surface area contributed by atoms with Crippen LogP contribution < -0.4 is 104 Å². The van der Waals surface area contributed by atoms with Crippen LogP contribution in [0.15, 0.2) is 218 Å². The molecule has 3 N–H and O–H groups in total. The Kier molecular flexibility index (Phi) is 18.8. The van der Waals surface area contributed by atoms with Crippen LogP contribution in [0.4, 0.5) is 0 Å². The molecule has 0 aliphatic rings. The van der Waals surface area contributed by atoms with Crippen LogP contribution in [0.25, 0.3) is 98.0 Å². The van der Waals surface area contributed by atoms with Crippen molar-refractivity contribution >= 4 is 64.6 Å². The van der Waals surface area contributed by atoms with Gasteiger partial charge in [0.1, 0.15) is 17.2 Å². The number of hydrogen-bond acceptors (Lipinski definition) is 6. The van der Waals surface area contributed by atoms with Crippen molar-refractivity contribution in [1.29, 1.82) is 0 Å². The van der Waals surface area contributed by atoms with Crippen molar-refractivity contribution in [1.82, 2.24) is 0 Å². The summed E-state index contributed by atoms with van der Waals surface area (Å²) in [4.78, 5) is 0. The summed E-state index contributed by atoms with van der Waals surface area (Å²) in [7, 11) is 0. The molecule has 0 heterocycles. The number of hydrogen-bond donors (Lipinski definition) is 3. The SMILES string of the molecule is [La].[Na+].[Na+].[Na+].[O-]c1ccc2ccccc2c1-c1c(O)ccc2ccccc12.[O-]c1ccc2ccccc2c1-c1c(O)ccc2ccccc12.[O-]c1ccc2ccccc2c1-c1c(O)ccc2ccccc12. The molecule has 70 heavy (non-hydrogen) atoms. The smallest absolute Gasteiger partial charge is 0.872 e. The summed E-state index contributed by atoms with van der Waals surface area (Å²) >= 11 is 0. The second kappa shape index (κ2) is 24.1. The Labute approximate surface area is 499 Å². The van der Waals surface area contributed by atoms with Gasteiger partial charge in [0.2, 0.25) is 0 Å². The predicted octanol–water partition coefficient (Wildman–Crippen LogP) is 4.33. The Morgan fingerprint density at radius 1 is 0.214 bits per heavy atom. The zero-order chi connectivity index (χ0) is 45.3. The molecule has 12 rings (SSSR count). The van der Waals surface area contributed by atoms with E-state index in [2.05, 4.69) is 0 Å². The van der Waals surface area contributed by atoms with Crippen LogP contribution in [0.3, 0.4) is 0 Å². The fraction of sp³-hybridized carbons (Fsp3) is 0. The summed E-state index contributed by atoms with van der Waals surface area (Å²) in [5.74, 6) is 0.160. The number of rotatable bonds is 3. The van der Waals surface area contributed by atoms with Gasteiger partial charge in [-0.25, -0.2) is 0 Å². The Morgan fingerprint density at radius 3 is 0.600 bits per heavy atom. The van der Waals surface area contributed by atoms with E-state index in [1.54, 1.807) is 36.4 Å². The first kappa shape index (κ1) is 54.5. The van der Waals surface area contributed by atoms with Gasteiger partial charge in [-0.15, -0.1) is 17.2 Å². The molecular weight excluding hydrogens is 1020 g/mol. The first-order valence-electron chi connectivity index (χ1n) is 21.5. The van der Waals surface area contributed by atoms with Gasteiger partial charge in [0.05, 0.1) is 0 Å². The molecule has 0 amide bonds. The Bertz CT molecular complexity index is 3180. The summed E-state index contributed by atoms with van der Waals surface area (Å²) in [5, 5.41) is 80.0. The monoisotopic (exact) mass is 1060 g/mol. The third-order valence-electron chi connectivity index (χ3n) is 12.1. The average Bonchev–Trinajstić information content (AvgIpc) is 3.35. The molecule has 0 unspecified atom stereocenters. The van der Waals surface area contributed by atoms with Crippen LogP contribution in [0.1, 0.15) is 0 Å². The van der Waals surface area contributed by atoms with Crippen molar-refractivity contribution in [3.8, 4) is 67.9 Å². The van der Waals surface area contributed by atoms with Crippen LogP contribution in [-0.2, 0) is 0 Å². The molecule has 0 aliphatic heterocycles. The van der Waals surface area contributed by atoms with E-state index >= 15 is 0 Å². The minimum absolute atomic E-state index is 0. The number of aromatic hydroxyl groups is 3. The molecule has 0 saturated heterocycles. The van der Waals surface area contributed by atoms with Gasteiger partial charge in [-0.05, 0) is 99.5 Å². The van der Waals surface area contributed by atoms with Crippen LogP contribution in [0.2, 0.25) is 0 Å². The van der Waals surface area contributed by atoms with Gasteiger partial charge in [0.15, 0.2) is 0 Å². The molecule has 1 radical (unpaired) electrons. The third kappa shape index (κ3) is 10.7. The van der Waals surface area contributed by atoms with Gasteiger partial charge in [0.25, 0.3) is 0 Å². The Hall–Kier alpha value is -4.81. The topological polar surface area (TPSA) is 130 Å².